The van der Waals surface area contributed by atoms with Crippen LogP contribution < -0.4 is 10.5 Å². The van der Waals surface area contributed by atoms with Crippen molar-refractivity contribution in [2.75, 3.05) is 12.4 Å². The van der Waals surface area contributed by atoms with E-state index in [-0.39, 0.29) is 17.0 Å². The third kappa shape index (κ3) is 4.55. The number of primary sulfonamides is 1. The average molecular weight is 304 g/mol. The summed E-state index contributed by atoms with van der Waals surface area (Å²) in [5.41, 5.74) is -0.913. The van der Waals surface area contributed by atoms with Gasteiger partial charge in [-0.25, -0.2) is 17.9 Å². The predicted octanol–water partition coefficient (Wildman–Crippen LogP) is 1.23. The van der Waals surface area contributed by atoms with Gasteiger partial charge in [0, 0.05) is 7.11 Å². The van der Waals surface area contributed by atoms with E-state index in [9.17, 15) is 17.6 Å². The molecule has 112 valence electrons. The molecule has 0 aromatic heterocycles. The fraction of sp³-hybridized carbons (Fsp3) is 0.417. The SMILES string of the molecule is COC(C)(C)CC(=O)Nc1cc(F)ccc1S(N)(=O)=O. The number of sulfonamides is 1. The molecule has 6 nitrogen and oxygen atoms in total. The van der Waals surface area contributed by atoms with Gasteiger partial charge in [0.25, 0.3) is 0 Å². The lowest BCUT2D eigenvalue weighted by Crippen LogP contribution is -2.30. The topological polar surface area (TPSA) is 98.5 Å². The maximum atomic E-state index is 13.2. The standard InChI is InChI=1S/C12H17FN2O4S/c1-12(2,19-3)7-11(16)15-9-6-8(13)4-5-10(9)20(14,17)18/h4-6H,7H2,1-3H3,(H,15,16)(H2,14,17,18). The van der Waals surface area contributed by atoms with E-state index < -0.39 is 27.3 Å². The third-order valence-corrected chi connectivity index (χ3v) is 3.63. The zero-order valence-corrected chi connectivity index (χ0v) is 12.3. The number of carbonyl (C=O) groups excluding carboxylic acids is 1. The molecule has 8 heteroatoms. The molecule has 0 spiro atoms. The average Bonchev–Trinajstić information content (AvgIpc) is 2.26. The molecular weight excluding hydrogens is 287 g/mol. The number of benzene rings is 1. The van der Waals surface area contributed by atoms with Crippen LogP contribution in [0.1, 0.15) is 20.3 Å². The largest absolute Gasteiger partial charge is 0.378 e. The third-order valence-electron chi connectivity index (χ3n) is 2.66. The first-order chi connectivity index (χ1) is 9.05. The molecule has 0 aliphatic carbocycles. The molecule has 0 heterocycles. The van der Waals surface area contributed by atoms with Crippen molar-refractivity contribution in [2.24, 2.45) is 5.14 Å². The number of ether oxygens (including phenoxy) is 1. The zero-order valence-electron chi connectivity index (χ0n) is 11.4. The van der Waals surface area contributed by atoms with Crippen molar-refractivity contribution in [1.82, 2.24) is 0 Å². The Balaban J connectivity index is 3.03. The van der Waals surface area contributed by atoms with Crippen LogP contribution in [0.3, 0.4) is 0 Å². The van der Waals surface area contributed by atoms with Crippen LogP contribution in [-0.4, -0.2) is 27.0 Å². The van der Waals surface area contributed by atoms with E-state index in [2.05, 4.69) is 5.32 Å². The number of methoxy groups -OCH3 is 1. The van der Waals surface area contributed by atoms with E-state index in [0.717, 1.165) is 18.2 Å². The lowest BCUT2D eigenvalue weighted by atomic mass is 10.0. The summed E-state index contributed by atoms with van der Waals surface area (Å²) in [5.74, 6) is -1.19. The molecule has 0 saturated carbocycles. The number of halogens is 1. The number of rotatable bonds is 5. The molecule has 1 aromatic rings. The summed E-state index contributed by atoms with van der Waals surface area (Å²) in [6, 6.07) is 2.85. The molecule has 1 rings (SSSR count). The van der Waals surface area contributed by atoms with Crippen LogP contribution in [-0.2, 0) is 19.6 Å². The smallest absolute Gasteiger partial charge is 0.240 e. The molecule has 1 amide bonds. The van der Waals surface area contributed by atoms with Crippen LogP contribution in [0.25, 0.3) is 0 Å². The number of amides is 1. The first-order valence-corrected chi connectivity index (χ1v) is 7.27. The normalized spacial score (nSPS) is 12.2. The monoisotopic (exact) mass is 304 g/mol. The number of hydrogen-bond donors (Lipinski definition) is 2. The van der Waals surface area contributed by atoms with Crippen LogP contribution in [0.4, 0.5) is 10.1 Å². The summed E-state index contributed by atoms with van der Waals surface area (Å²) in [6.07, 6.45) is -0.0237. The molecule has 0 saturated heterocycles. The van der Waals surface area contributed by atoms with Crippen molar-refractivity contribution in [2.45, 2.75) is 30.8 Å². The van der Waals surface area contributed by atoms with E-state index in [4.69, 9.17) is 9.88 Å². The van der Waals surface area contributed by atoms with Gasteiger partial charge in [0.05, 0.1) is 17.7 Å². The molecule has 0 aliphatic rings. The van der Waals surface area contributed by atoms with Crippen LogP contribution in [0.2, 0.25) is 0 Å². The minimum absolute atomic E-state index is 0.0237. The minimum Gasteiger partial charge on any atom is -0.378 e. The van der Waals surface area contributed by atoms with Gasteiger partial charge in [0.15, 0.2) is 0 Å². The quantitative estimate of drug-likeness (QED) is 0.854. The molecule has 0 radical (unpaired) electrons. The first-order valence-electron chi connectivity index (χ1n) is 5.72. The van der Waals surface area contributed by atoms with Crippen LogP contribution in [0.5, 0.6) is 0 Å². The highest BCUT2D eigenvalue weighted by molar-refractivity contribution is 7.89. The summed E-state index contributed by atoms with van der Waals surface area (Å²) in [4.78, 5) is 11.5. The number of carbonyl (C=O) groups is 1. The van der Waals surface area contributed by atoms with E-state index in [0.29, 0.717) is 0 Å². The fourth-order valence-corrected chi connectivity index (χ4v) is 2.18. The highest BCUT2D eigenvalue weighted by Gasteiger charge is 2.23. The molecule has 0 bridgehead atoms. The second-order valence-electron chi connectivity index (χ2n) is 4.87. The fourth-order valence-electron chi connectivity index (χ4n) is 1.50. The Morgan fingerprint density at radius 2 is 2.05 bits per heavy atom. The second kappa shape index (κ2) is 5.86. The van der Waals surface area contributed by atoms with Crippen molar-refractivity contribution in [3.63, 3.8) is 0 Å². The van der Waals surface area contributed by atoms with Gasteiger partial charge >= 0.3 is 0 Å². The molecule has 0 atom stereocenters. The van der Waals surface area contributed by atoms with Gasteiger partial charge in [-0.05, 0) is 32.0 Å². The predicted molar refractivity (Wildman–Crippen MR) is 72.1 cm³/mol. The highest BCUT2D eigenvalue weighted by Crippen LogP contribution is 2.22. The van der Waals surface area contributed by atoms with Crippen molar-refractivity contribution >= 4 is 21.6 Å². The first kappa shape index (κ1) is 16.5. The van der Waals surface area contributed by atoms with Crippen molar-refractivity contribution < 1.29 is 22.3 Å². The summed E-state index contributed by atoms with van der Waals surface area (Å²) in [5, 5.41) is 7.34. The van der Waals surface area contributed by atoms with Gasteiger partial charge in [0.2, 0.25) is 15.9 Å². The van der Waals surface area contributed by atoms with Gasteiger partial charge in [-0.3, -0.25) is 4.79 Å². The Morgan fingerprint density at radius 1 is 1.45 bits per heavy atom. The summed E-state index contributed by atoms with van der Waals surface area (Å²) in [6.45, 7) is 3.39. The number of nitrogens with two attached hydrogens (primary N) is 1. The lowest BCUT2D eigenvalue weighted by Gasteiger charge is -2.22. The number of nitrogens with one attached hydrogen (secondary N) is 1. The van der Waals surface area contributed by atoms with E-state index in [1.54, 1.807) is 13.8 Å². The van der Waals surface area contributed by atoms with Gasteiger partial charge in [-0.15, -0.1) is 0 Å². The molecule has 20 heavy (non-hydrogen) atoms. The van der Waals surface area contributed by atoms with E-state index in [1.807, 2.05) is 0 Å². The number of anilines is 1. The Kier molecular flexibility index (Phi) is 4.85. The Morgan fingerprint density at radius 3 is 2.55 bits per heavy atom. The van der Waals surface area contributed by atoms with Gasteiger partial charge in [-0.1, -0.05) is 0 Å². The Bertz CT molecular complexity index is 614. The van der Waals surface area contributed by atoms with Crippen LogP contribution in [0.15, 0.2) is 23.1 Å². The van der Waals surface area contributed by atoms with E-state index in [1.165, 1.54) is 7.11 Å². The summed E-state index contributed by atoms with van der Waals surface area (Å²) in [7, 11) is -2.61. The van der Waals surface area contributed by atoms with Gasteiger partial charge in [-0.2, -0.15) is 0 Å². The number of hydrogen-bond acceptors (Lipinski definition) is 4. The highest BCUT2D eigenvalue weighted by atomic mass is 32.2. The van der Waals surface area contributed by atoms with Crippen molar-refractivity contribution in [3.8, 4) is 0 Å². The molecular formula is C12H17FN2O4S. The second-order valence-corrected chi connectivity index (χ2v) is 6.40. The molecule has 0 aliphatic heterocycles. The molecule has 3 N–H and O–H groups in total. The maximum absolute atomic E-state index is 13.2. The van der Waals surface area contributed by atoms with Crippen molar-refractivity contribution in [3.05, 3.63) is 24.0 Å². The summed E-state index contributed by atoms with van der Waals surface area (Å²) < 4.78 is 41.0. The van der Waals surface area contributed by atoms with Gasteiger partial charge < -0.3 is 10.1 Å². The zero-order chi connectivity index (χ0) is 15.6. The van der Waals surface area contributed by atoms with Crippen molar-refractivity contribution in [1.29, 1.82) is 0 Å². The van der Waals surface area contributed by atoms with E-state index >= 15 is 0 Å². The molecule has 1 aromatic carbocycles. The Hall–Kier alpha value is -1.51. The van der Waals surface area contributed by atoms with Gasteiger partial charge in [0.1, 0.15) is 10.7 Å². The Labute approximate surface area is 117 Å². The molecule has 0 fully saturated rings. The maximum Gasteiger partial charge on any atom is 0.240 e. The molecule has 0 unspecified atom stereocenters. The van der Waals surface area contributed by atoms with Crippen LogP contribution in [0, 0.1) is 5.82 Å². The lowest BCUT2D eigenvalue weighted by molar-refractivity contribution is -0.121. The minimum atomic E-state index is -4.06. The van der Waals surface area contributed by atoms with Crippen LogP contribution >= 0.6 is 0 Å². The summed E-state index contributed by atoms with van der Waals surface area (Å²) >= 11 is 0.